The van der Waals surface area contributed by atoms with Crippen LogP contribution in [0.3, 0.4) is 0 Å². The Morgan fingerprint density at radius 2 is 1.63 bits per heavy atom. The maximum atomic E-state index is 11.5. The van der Waals surface area contributed by atoms with E-state index in [9.17, 15) is 4.79 Å². The van der Waals surface area contributed by atoms with Gasteiger partial charge < -0.3 is 5.32 Å². The van der Waals surface area contributed by atoms with Crippen LogP contribution in [-0.2, 0) is 4.79 Å². The molecule has 1 aliphatic heterocycles. The van der Waals surface area contributed by atoms with Crippen molar-refractivity contribution in [3.8, 4) is 0 Å². The summed E-state index contributed by atoms with van der Waals surface area (Å²) in [5.41, 5.74) is 0.713. The number of nitrogens with one attached hydrogen (secondary N) is 1. The lowest BCUT2D eigenvalue weighted by atomic mass is 9.94. The highest BCUT2D eigenvalue weighted by Crippen LogP contribution is 2.53. The van der Waals surface area contributed by atoms with Crippen LogP contribution in [0.1, 0.15) is 66.2 Å². The second-order valence-electron chi connectivity index (χ2n) is 6.50. The van der Waals surface area contributed by atoms with Gasteiger partial charge in [-0.15, -0.1) is 0 Å². The summed E-state index contributed by atoms with van der Waals surface area (Å²) < 4.78 is 0. The van der Waals surface area contributed by atoms with E-state index in [2.05, 4.69) is 24.1 Å². The Labute approximate surface area is 119 Å². The van der Waals surface area contributed by atoms with Crippen molar-refractivity contribution >= 4 is 5.91 Å². The first-order chi connectivity index (χ1) is 9.01. The third-order valence-electron chi connectivity index (χ3n) is 4.19. The predicted octanol–water partition coefficient (Wildman–Crippen LogP) is 3.19. The molecule has 0 bridgehead atoms. The molecule has 2 rings (SSSR count). The highest BCUT2D eigenvalue weighted by atomic mass is 16.2. The monoisotopic (exact) mass is 268 g/mol. The highest BCUT2D eigenvalue weighted by molar-refractivity contribution is 5.78. The highest BCUT2D eigenvalue weighted by Gasteiger charge is 2.44. The number of hydrogen-bond donors (Lipinski definition) is 1. The van der Waals surface area contributed by atoms with Crippen molar-refractivity contribution in [3.63, 3.8) is 0 Å². The van der Waals surface area contributed by atoms with E-state index in [4.69, 9.17) is 0 Å². The third kappa shape index (κ3) is 6.42. The third-order valence-corrected chi connectivity index (χ3v) is 4.19. The molecule has 1 spiro atoms. The molecule has 3 heteroatoms. The van der Waals surface area contributed by atoms with E-state index in [1.165, 1.54) is 38.5 Å². The lowest BCUT2D eigenvalue weighted by molar-refractivity contribution is -0.123. The summed E-state index contributed by atoms with van der Waals surface area (Å²) >= 11 is 0. The SMILES string of the molecule is CC(C)NC(=O)CN1CCC2(CC1)CC2.CCCC. The second kappa shape index (κ2) is 7.88. The number of likely N-dealkylation sites (tertiary alicyclic amines) is 1. The molecule has 0 atom stereocenters. The van der Waals surface area contributed by atoms with E-state index in [-0.39, 0.29) is 11.9 Å². The maximum Gasteiger partial charge on any atom is 0.234 e. The van der Waals surface area contributed by atoms with Crippen molar-refractivity contribution in [2.45, 2.75) is 72.3 Å². The number of piperidine rings is 1. The molecule has 1 N–H and O–H groups in total. The summed E-state index contributed by atoms with van der Waals surface area (Å²) in [5, 5.41) is 2.95. The number of hydrogen-bond acceptors (Lipinski definition) is 2. The first-order valence-corrected chi connectivity index (χ1v) is 8.03. The molecule has 0 aromatic heterocycles. The van der Waals surface area contributed by atoms with Crippen LogP contribution in [0.4, 0.5) is 0 Å². The Morgan fingerprint density at radius 3 is 2.00 bits per heavy atom. The topological polar surface area (TPSA) is 32.3 Å². The quantitative estimate of drug-likeness (QED) is 0.849. The molecule has 1 saturated heterocycles. The Hall–Kier alpha value is -0.570. The fourth-order valence-corrected chi connectivity index (χ4v) is 2.43. The van der Waals surface area contributed by atoms with Crippen molar-refractivity contribution in [2.24, 2.45) is 5.41 Å². The van der Waals surface area contributed by atoms with Crippen molar-refractivity contribution in [2.75, 3.05) is 19.6 Å². The van der Waals surface area contributed by atoms with Crippen LogP contribution < -0.4 is 5.32 Å². The minimum absolute atomic E-state index is 0.178. The fourth-order valence-electron chi connectivity index (χ4n) is 2.43. The molecule has 112 valence electrons. The van der Waals surface area contributed by atoms with Gasteiger partial charge in [-0.25, -0.2) is 0 Å². The first-order valence-electron chi connectivity index (χ1n) is 8.03. The maximum absolute atomic E-state index is 11.5. The predicted molar refractivity (Wildman–Crippen MR) is 81.2 cm³/mol. The van der Waals surface area contributed by atoms with E-state index in [0.717, 1.165) is 13.1 Å². The number of carbonyl (C=O) groups is 1. The summed E-state index contributed by atoms with van der Waals surface area (Å²) in [6.07, 6.45) is 8.11. The molecular weight excluding hydrogens is 236 g/mol. The van der Waals surface area contributed by atoms with Gasteiger partial charge in [0.1, 0.15) is 0 Å². The molecule has 1 amide bonds. The molecule has 1 saturated carbocycles. The van der Waals surface area contributed by atoms with Gasteiger partial charge in [0.05, 0.1) is 6.54 Å². The van der Waals surface area contributed by atoms with Gasteiger partial charge in [-0.3, -0.25) is 9.69 Å². The van der Waals surface area contributed by atoms with Crippen LogP contribution >= 0.6 is 0 Å². The van der Waals surface area contributed by atoms with Gasteiger partial charge in [0.25, 0.3) is 0 Å². The van der Waals surface area contributed by atoms with Crippen molar-refractivity contribution in [3.05, 3.63) is 0 Å². The standard InChI is InChI=1S/C12H22N2O.C4H10/c1-10(2)13-11(15)9-14-7-5-12(3-4-12)6-8-14;1-3-4-2/h10H,3-9H2,1-2H3,(H,13,15);3-4H2,1-2H3. The second-order valence-corrected chi connectivity index (χ2v) is 6.50. The van der Waals surface area contributed by atoms with Crippen LogP contribution in [0.2, 0.25) is 0 Å². The molecule has 2 fully saturated rings. The molecule has 0 radical (unpaired) electrons. The van der Waals surface area contributed by atoms with Gasteiger partial charge in [-0.05, 0) is 58.0 Å². The number of nitrogens with zero attached hydrogens (tertiary/aromatic N) is 1. The van der Waals surface area contributed by atoms with Crippen molar-refractivity contribution < 1.29 is 4.79 Å². The van der Waals surface area contributed by atoms with Crippen molar-refractivity contribution in [1.82, 2.24) is 10.2 Å². The number of carbonyl (C=O) groups excluding carboxylic acids is 1. The lowest BCUT2D eigenvalue weighted by Crippen LogP contribution is -2.43. The Bertz CT molecular complexity index is 260. The normalized spacial score (nSPS) is 20.9. The number of unbranched alkanes of at least 4 members (excludes halogenated alkanes) is 1. The van der Waals surface area contributed by atoms with Crippen LogP contribution in [0.5, 0.6) is 0 Å². The van der Waals surface area contributed by atoms with E-state index >= 15 is 0 Å². The van der Waals surface area contributed by atoms with Gasteiger partial charge in [0.2, 0.25) is 5.91 Å². The lowest BCUT2D eigenvalue weighted by Gasteiger charge is -2.31. The zero-order valence-electron chi connectivity index (χ0n) is 13.3. The van der Waals surface area contributed by atoms with Gasteiger partial charge in [0, 0.05) is 6.04 Å². The summed E-state index contributed by atoms with van der Waals surface area (Å²) in [7, 11) is 0. The number of amides is 1. The smallest absolute Gasteiger partial charge is 0.234 e. The van der Waals surface area contributed by atoms with Gasteiger partial charge >= 0.3 is 0 Å². The molecule has 0 aromatic carbocycles. The van der Waals surface area contributed by atoms with Gasteiger partial charge in [0.15, 0.2) is 0 Å². The molecule has 1 heterocycles. The fraction of sp³-hybridized carbons (Fsp3) is 0.938. The molecule has 19 heavy (non-hydrogen) atoms. The molecular formula is C16H32N2O. The average molecular weight is 268 g/mol. The van der Waals surface area contributed by atoms with Crippen molar-refractivity contribution in [1.29, 1.82) is 0 Å². The van der Waals surface area contributed by atoms with Crippen LogP contribution in [0, 0.1) is 5.41 Å². The molecule has 1 aliphatic carbocycles. The zero-order valence-corrected chi connectivity index (χ0v) is 13.3. The van der Waals surface area contributed by atoms with E-state index in [0.29, 0.717) is 12.0 Å². The average Bonchev–Trinajstić information content (AvgIpc) is 3.12. The summed E-state index contributed by atoms with van der Waals surface area (Å²) in [6, 6.07) is 0.261. The Morgan fingerprint density at radius 1 is 1.11 bits per heavy atom. The van der Waals surface area contributed by atoms with E-state index in [1.54, 1.807) is 0 Å². The van der Waals surface area contributed by atoms with Gasteiger partial charge in [-0.1, -0.05) is 26.7 Å². The Kier molecular flexibility index (Phi) is 6.84. The van der Waals surface area contributed by atoms with E-state index in [1.807, 2.05) is 13.8 Å². The minimum atomic E-state index is 0.178. The molecule has 0 aromatic rings. The number of rotatable bonds is 4. The van der Waals surface area contributed by atoms with Crippen LogP contribution in [0.15, 0.2) is 0 Å². The van der Waals surface area contributed by atoms with E-state index < -0.39 is 0 Å². The first kappa shape index (κ1) is 16.5. The Balaban J connectivity index is 0.000000399. The van der Waals surface area contributed by atoms with Crippen LogP contribution in [-0.4, -0.2) is 36.5 Å². The summed E-state index contributed by atoms with van der Waals surface area (Å²) in [6.45, 7) is 11.2. The zero-order chi connectivity index (χ0) is 14.3. The van der Waals surface area contributed by atoms with Gasteiger partial charge in [-0.2, -0.15) is 0 Å². The largest absolute Gasteiger partial charge is 0.353 e. The minimum Gasteiger partial charge on any atom is -0.353 e. The van der Waals surface area contributed by atoms with Crippen LogP contribution in [0.25, 0.3) is 0 Å². The molecule has 3 nitrogen and oxygen atoms in total. The molecule has 0 unspecified atom stereocenters. The molecule has 2 aliphatic rings. The summed E-state index contributed by atoms with van der Waals surface area (Å²) in [5.74, 6) is 0.178. The summed E-state index contributed by atoms with van der Waals surface area (Å²) in [4.78, 5) is 13.8.